The summed E-state index contributed by atoms with van der Waals surface area (Å²) in [6.07, 6.45) is 1.21. The van der Waals surface area contributed by atoms with E-state index in [0.29, 0.717) is 9.90 Å². The van der Waals surface area contributed by atoms with Crippen LogP contribution in [0.25, 0.3) is 0 Å². The molecule has 1 aliphatic heterocycles. The number of nitrogens with zero attached hydrogens (tertiary/aromatic N) is 3. The Kier molecular flexibility index (Phi) is 4.06. The summed E-state index contributed by atoms with van der Waals surface area (Å²) in [5.74, 6) is 0.228. The number of aromatic nitrogens is 1. The van der Waals surface area contributed by atoms with Gasteiger partial charge in [0.05, 0.1) is 17.4 Å². The van der Waals surface area contributed by atoms with Crippen molar-refractivity contribution in [2.24, 2.45) is 0 Å². The van der Waals surface area contributed by atoms with E-state index in [9.17, 15) is 8.42 Å². The Labute approximate surface area is 136 Å². The highest BCUT2D eigenvalue weighted by Crippen LogP contribution is 2.31. The van der Waals surface area contributed by atoms with Crippen LogP contribution in [0.5, 0.6) is 5.88 Å². The fraction of sp³-hybridized carbons (Fsp3) is 0.231. The minimum atomic E-state index is -3.52. The number of hydrogen-bond acceptors (Lipinski definition) is 6. The first-order valence-electron chi connectivity index (χ1n) is 6.28. The molecule has 22 heavy (non-hydrogen) atoms. The molecule has 1 fully saturated rings. The van der Waals surface area contributed by atoms with Crippen molar-refractivity contribution >= 4 is 33.0 Å². The van der Waals surface area contributed by atoms with Gasteiger partial charge in [-0.1, -0.05) is 11.6 Å². The molecule has 1 aliphatic rings. The third kappa shape index (κ3) is 2.80. The van der Waals surface area contributed by atoms with Crippen LogP contribution >= 0.6 is 22.9 Å². The van der Waals surface area contributed by atoms with E-state index in [1.807, 2.05) is 6.07 Å². The summed E-state index contributed by atoms with van der Waals surface area (Å²) in [4.78, 5) is 3.99. The van der Waals surface area contributed by atoms with Crippen molar-refractivity contribution in [3.63, 3.8) is 0 Å². The maximum atomic E-state index is 12.3. The minimum absolute atomic E-state index is 0.214. The molecular formula is C13H10ClN3O3S2. The van der Waals surface area contributed by atoms with Gasteiger partial charge in [-0.15, -0.1) is 11.3 Å². The smallest absolute Gasteiger partial charge is 0.252 e. The molecule has 6 nitrogen and oxygen atoms in total. The quantitative estimate of drug-likeness (QED) is 0.838. The van der Waals surface area contributed by atoms with Crippen molar-refractivity contribution < 1.29 is 13.2 Å². The van der Waals surface area contributed by atoms with Gasteiger partial charge in [0.15, 0.2) is 0 Å². The summed E-state index contributed by atoms with van der Waals surface area (Å²) in [6, 6.07) is 8.27. The van der Waals surface area contributed by atoms with Gasteiger partial charge in [0, 0.05) is 6.20 Å². The Morgan fingerprint density at radius 2 is 2.18 bits per heavy atom. The molecule has 0 spiro atoms. The third-order valence-corrected chi connectivity index (χ3v) is 6.66. The van der Waals surface area contributed by atoms with E-state index in [1.165, 1.54) is 16.6 Å². The number of halogens is 1. The summed E-state index contributed by atoms with van der Waals surface area (Å²) in [5.41, 5.74) is 0.328. The molecular weight excluding hydrogens is 346 g/mol. The zero-order chi connectivity index (χ0) is 15.7. The van der Waals surface area contributed by atoms with Crippen molar-refractivity contribution in [1.82, 2.24) is 9.29 Å². The van der Waals surface area contributed by atoms with E-state index < -0.39 is 10.0 Å². The summed E-state index contributed by atoms with van der Waals surface area (Å²) in [7, 11) is -3.52. The zero-order valence-corrected chi connectivity index (χ0v) is 13.5. The maximum Gasteiger partial charge on any atom is 0.252 e. The Bertz CT molecular complexity index is 838. The predicted molar refractivity (Wildman–Crippen MR) is 81.5 cm³/mol. The van der Waals surface area contributed by atoms with Gasteiger partial charge < -0.3 is 4.74 Å². The Morgan fingerprint density at radius 1 is 1.41 bits per heavy atom. The lowest BCUT2D eigenvalue weighted by Crippen LogP contribution is -2.55. The molecule has 0 N–H and O–H groups in total. The van der Waals surface area contributed by atoms with Crippen LogP contribution in [0.2, 0.25) is 4.34 Å². The van der Waals surface area contributed by atoms with Gasteiger partial charge >= 0.3 is 0 Å². The second kappa shape index (κ2) is 5.85. The molecule has 0 saturated carbocycles. The molecule has 1 saturated heterocycles. The van der Waals surface area contributed by atoms with Gasteiger partial charge in [0.2, 0.25) is 5.88 Å². The van der Waals surface area contributed by atoms with Crippen LogP contribution in [-0.4, -0.2) is 36.9 Å². The van der Waals surface area contributed by atoms with Crippen molar-refractivity contribution in [1.29, 1.82) is 5.26 Å². The van der Waals surface area contributed by atoms with Crippen molar-refractivity contribution in [2.45, 2.75) is 10.3 Å². The van der Waals surface area contributed by atoms with Gasteiger partial charge in [0.25, 0.3) is 10.0 Å². The molecule has 0 amide bonds. The predicted octanol–water partition coefficient (Wildman–Crippen LogP) is 2.12. The summed E-state index contributed by atoms with van der Waals surface area (Å²) >= 11 is 6.80. The largest absolute Gasteiger partial charge is 0.471 e. The van der Waals surface area contributed by atoms with Crippen LogP contribution in [0.1, 0.15) is 5.56 Å². The lowest BCUT2D eigenvalue weighted by molar-refractivity contribution is 0.0719. The van der Waals surface area contributed by atoms with E-state index in [1.54, 1.807) is 18.2 Å². The molecule has 9 heteroatoms. The minimum Gasteiger partial charge on any atom is -0.471 e. The van der Waals surface area contributed by atoms with Crippen LogP contribution in [-0.2, 0) is 10.0 Å². The SMILES string of the molecule is N#Cc1cccnc1OC1CN(S(=O)(=O)c2ccc(Cl)s2)C1. The number of pyridine rings is 1. The molecule has 2 aromatic heterocycles. The molecule has 0 unspecified atom stereocenters. The maximum absolute atomic E-state index is 12.3. The molecule has 0 bridgehead atoms. The summed E-state index contributed by atoms with van der Waals surface area (Å²) in [6.45, 7) is 0.443. The molecule has 0 radical (unpaired) electrons. The number of rotatable bonds is 4. The van der Waals surface area contributed by atoms with Gasteiger partial charge in [-0.05, 0) is 24.3 Å². The van der Waals surface area contributed by atoms with Crippen LogP contribution in [0, 0.1) is 11.3 Å². The van der Waals surface area contributed by atoms with E-state index in [4.69, 9.17) is 21.6 Å². The third-order valence-electron chi connectivity index (χ3n) is 3.13. The summed E-state index contributed by atoms with van der Waals surface area (Å²) in [5, 5.41) is 8.97. The number of nitriles is 1. The van der Waals surface area contributed by atoms with Crippen LogP contribution < -0.4 is 4.74 Å². The second-order valence-electron chi connectivity index (χ2n) is 4.59. The number of thiophene rings is 1. The highest BCUT2D eigenvalue weighted by molar-refractivity contribution is 7.91. The number of hydrogen-bond donors (Lipinski definition) is 0. The van der Waals surface area contributed by atoms with Gasteiger partial charge in [-0.25, -0.2) is 13.4 Å². The molecule has 114 valence electrons. The Morgan fingerprint density at radius 3 is 2.82 bits per heavy atom. The average molecular weight is 356 g/mol. The normalized spacial score (nSPS) is 16.0. The van der Waals surface area contributed by atoms with Crippen molar-refractivity contribution in [3.05, 3.63) is 40.4 Å². The van der Waals surface area contributed by atoms with E-state index in [2.05, 4.69) is 4.98 Å². The van der Waals surface area contributed by atoms with E-state index in [0.717, 1.165) is 11.3 Å². The monoisotopic (exact) mass is 355 g/mol. The molecule has 3 rings (SSSR count). The Hall–Kier alpha value is -1.66. The van der Waals surface area contributed by atoms with Crippen LogP contribution in [0.15, 0.2) is 34.7 Å². The topological polar surface area (TPSA) is 83.3 Å². The van der Waals surface area contributed by atoms with E-state index in [-0.39, 0.29) is 29.3 Å². The Balaban J connectivity index is 1.66. The van der Waals surface area contributed by atoms with Crippen molar-refractivity contribution in [2.75, 3.05) is 13.1 Å². The number of sulfonamides is 1. The van der Waals surface area contributed by atoms with Gasteiger partial charge in [0.1, 0.15) is 21.9 Å². The highest BCUT2D eigenvalue weighted by atomic mass is 35.5. The fourth-order valence-corrected chi connectivity index (χ4v) is 5.10. The second-order valence-corrected chi connectivity index (χ2v) is 8.47. The molecule has 3 heterocycles. The van der Waals surface area contributed by atoms with Crippen molar-refractivity contribution in [3.8, 4) is 11.9 Å². The standard InChI is InChI=1S/C13H10ClN3O3S2/c14-11-3-4-12(21-11)22(18,19)17-7-10(8-17)20-13-9(6-15)2-1-5-16-13/h1-5,10H,7-8H2. The molecule has 2 aromatic rings. The molecule has 0 aliphatic carbocycles. The highest BCUT2D eigenvalue weighted by Gasteiger charge is 2.39. The fourth-order valence-electron chi connectivity index (χ4n) is 1.96. The lowest BCUT2D eigenvalue weighted by Gasteiger charge is -2.37. The first kappa shape index (κ1) is 15.2. The summed E-state index contributed by atoms with van der Waals surface area (Å²) < 4.78 is 32.1. The van der Waals surface area contributed by atoms with Gasteiger partial charge in [-0.2, -0.15) is 9.57 Å². The van der Waals surface area contributed by atoms with E-state index >= 15 is 0 Å². The van der Waals surface area contributed by atoms with Crippen LogP contribution in [0.4, 0.5) is 0 Å². The molecule has 0 aromatic carbocycles. The van der Waals surface area contributed by atoms with Gasteiger partial charge in [-0.3, -0.25) is 0 Å². The molecule has 0 atom stereocenters. The average Bonchev–Trinajstić information content (AvgIpc) is 2.90. The number of ether oxygens (including phenoxy) is 1. The first-order valence-corrected chi connectivity index (χ1v) is 8.91. The zero-order valence-electron chi connectivity index (χ0n) is 11.1. The lowest BCUT2D eigenvalue weighted by atomic mass is 10.2. The first-order chi connectivity index (χ1) is 10.5. The van der Waals surface area contributed by atoms with Crippen LogP contribution in [0.3, 0.4) is 0 Å².